The van der Waals surface area contributed by atoms with Crippen molar-refractivity contribution in [1.29, 1.82) is 0 Å². The Kier molecular flexibility index (Phi) is 9.82. The fraction of sp³-hybridized carbons (Fsp3) is 0.364. The maximum atomic E-state index is 13.0. The first-order valence-corrected chi connectivity index (χ1v) is 10.0. The molecule has 1 fully saturated rings. The van der Waals surface area contributed by atoms with E-state index in [4.69, 9.17) is 9.47 Å². The van der Waals surface area contributed by atoms with Crippen molar-refractivity contribution in [2.24, 2.45) is 4.99 Å². The summed E-state index contributed by atoms with van der Waals surface area (Å²) in [7, 11) is 4.93. The van der Waals surface area contributed by atoms with Crippen molar-refractivity contribution in [3.63, 3.8) is 0 Å². The van der Waals surface area contributed by atoms with E-state index >= 15 is 0 Å². The van der Waals surface area contributed by atoms with Crippen LogP contribution in [0.4, 0.5) is 15.8 Å². The van der Waals surface area contributed by atoms with Gasteiger partial charge in [0.2, 0.25) is 5.91 Å². The molecule has 0 spiro atoms. The predicted molar refractivity (Wildman–Crippen MR) is 135 cm³/mol. The second-order valence-electron chi connectivity index (χ2n) is 7.13. The number of carbonyl (C=O) groups excluding carboxylic acids is 1. The van der Waals surface area contributed by atoms with Crippen LogP contribution in [0.5, 0.6) is 11.5 Å². The van der Waals surface area contributed by atoms with E-state index in [9.17, 15) is 9.18 Å². The smallest absolute Gasteiger partial charge is 0.243 e. The summed E-state index contributed by atoms with van der Waals surface area (Å²) in [4.78, 5) is 18.6. The monoisotopic (exact) mass is 557 g/mol. The van der Waals surface area contributed by atoms with Gasteiger partial charge in [-0.15, -0.1) is 24.0 Å². The van der Waals surface area contributed by atoms with E-state index < -0.39 is 0 Å². The number of rotatable bonds is 7. The molecular weight excluding hydrogens is 528 g/mol. The molecule has 0 radical (unpaired) electrons. The maximum Gasteiger partial charge on any atom is 0.243 e. The molecule has 1 aliphatic rings. The Hall–Kier alpha value is -2.76. The van der Waals surface area contributed by atoms with Crippen molar-refractivity contribution < 1.29 is 18.7 Å². The van der Waals surface area contributed by atoms with Gasteiger partial charge in [-0.3, -0.25) is 9.79 Å². The van der Waals surface area contributed by atoms with E-state index in [2.05, 4.69) is 25.8 Å². The number of anilines is 2. The van der Waals surface area contributed by atoms with E-state index in [1.165, 1.54) is 24.3 Å². The van der Waals surface area contributed by atoms with Crippen LogP contribution in [0.1, 0.15) is 6.42 Å². The fourth-order valence-corrected chi connectivity index (χ4v) is 3.38. The van der Waals surface area contributed by atoms with Crippen molar-refractivity contribution in [3.8, 4) is 11.5 Å². The normalized spacial score (nSPS) is 15.6. The molecule has 3 N–H and O–H groups in total. The second kappa shape index (κ2) is 12.3. The molecule has 1 amide bonds. The molecule has 174 valence electrons. The maximum absolute atomic E-state index is 13.0. The van der Waals surface area contributed by atoms with Crippen LogP contribution in [-0.2, 0) is 4.79 Å². The number of benzene rings is 2. The minimum absolute atomic E-state index is 0. The van der Waals surface area contributed by atoms with Crippen LogP contribution in [0.25, 0.3) is 0 Å². The number of nitrogens with zero attached hydrogens (tertiary/aromatic N) is 2. The van der Waals surface area contributed by atoms with Crippen LogP contribution in [0.15, 0.2) is 47.5 Å². The van der Waals surface area contributed by atoms with Crippen molar-refractivity contribution in [3.05, 3.63) is 48.3 Å². The molecule has 1 atom stereocenters. The lowest BCUT2D eigenvalue weighted by molar-refractivity contribution is -0.115. The van der Waals surface area contributed by atoms with Gasteiger partial charge in [-0.1, -0.05) is 0 Å². The minimum atomic E-state index is -0.348. The van der Waals surface area contributed by atoms with Gasteiger partial charge in [0.15, 0.2) is 5.96 Å². The average molecular weight is 557 g/mol. The predicted octanol–water partition coefficient (Wildman–Crippen LogP) is 2.84. The van der Waals surface area contributed by atoms with Gasteiger partial charge < -0.3 is 30.3 Å². The summed E-state index contributed by atoms with van der Waals surface area (Å²) in [6, 6.07) is 11.6. The first-order valence-electron chi connectivity index (χ1n) is 10.0. The van der Waals surface area contributed by atoms with Gasteiger partial charge >= 0.3 is 0 Å². The molecule has 2 aromatic carbocycles. The molecular formula is C22H29FIN5O3. The Labute approximate surface area is 204 Å². The number of hydrogen-bond acceptors (Lipinski definition) is 5. The fourth-order valence-electron chi connectivity index (χ4n) is 3.38. The molecule has 0 aliphatic carbocycles. The molecule has 0 bridgehead atoms. The highest BCUT2D eigenvalue weighted by molar-refractivity contribution is 14.0. The number of nitrogens with one attached hydrogen (secondary N) is 3. The topological polar surface area (TPSA) is 87.2 Å². The van der Waals surface area contributed by atoms with Crippen LogP contribution in [0, 0.1) is 5.82 Å². The summed E-state index contributed by atoms with van der Waals surface area (Å²) < 4.78 is 23.7. The quantitative estimate of drug-likeness (QED) is 0.276. The van der Waals surface area contributed by atoms with E-state index in [-0.39, 0.29) is 48.3 Å². The van der Waals surface area contributed by atoms with Crippen LogP contribution < -0.4 is 30.3 Å². The first kappa shape index (κ1) is 25.5. The van der Waals surface area contributed by atoms with Gasteiger partial charge in [-0.25, -0.2) is 4.39 Å². The zero-order valence-corrected chi connectivity index (χ0v) is 20.7. The summed E-state index contributed by atoms with van der Waals surface area (Å²) in [5.41, 5.74) is 1.57. The standard InChI is InChI=1S/C22H28FN5O3.HI/c1-24-22(25-13-21(29)26-16-6-4-15(23)5-7-16)27-17-8-9-28(14-17)18-10-19(30-2)12-20(11-18)31-3;/h4-7,10-12,17H,8-9,13-14H2,1-3H3,(H,26,29)(H2,24,25,27);1H. The SMILES string of the molecule is CN=C(NCC(=O)Nc1ccc(F)cc1)NC1CCN(c2cc(OC)cc(OC)c2)C1.I. The molecule has 1 saturated heterocycles. The molecule has 0 saturated carbocycles. The number of carbonyl (C=O) groups is 1. The molecule has 1 aliphatic heterocycles. The zero-order valence-electron chi connectivity index (χ0n) is 18.4. The third kappa shape index (κ3) is 7.14. The Morgan fingerprint density at radius 2 is 1.81 bits per heavy atom. The van der Waals surface area contributed by atoms with Crippen molar-refractivity contribution in [2.45, 2.75) is 12.5 Å². The highest BCUT2D eigenvalue weighted by Gasteiger charge is 2.24. The van der Waals surface area contributed by atoms with Gasteiger partial charge in [-0.2, -0.15) is 0 Å². The van der Waals surface area contributed by atoms with Gasteiger partial charge in [0.1, 0.15) is 17.3 Å². The number of hydrogen-bond donors (Lipinski definition) is 3. The molecule has 1 unspecified atom stereocenters. The molecule has 0 aromatic heterocycles. The van der Waals surface area contributed by atoms with Gasteiger partial charge in [0.25, 0.3) is 0 Å². The molecule has 1 heterocycles. The zero-order chi connectivity index (χ0) is 22.2. The van der Waals surface area contributed by atoms with Crippen LogP contribution in [0.2, 0.25) is 0 Å². The third-order valence-corrected chi connectivity index (χ3v) is 5.00. The van der Waals surface area contributed by atoms with E-state index in [0.29, 0.717) is 11.6 Å². The lowest BCUT2D eigenvalue weighted by Crippen LogP contribution is -2.46. The lowest BCUT2D eigenvalue weighted by atomic mass is 10.2. The number of halogens is 2. The molecule has 8 nitrogen and oxygen atoms in total. The largest absolute Gasteiger partial charge is 0.497 e. The van der Waals surface area contributed by atoms with Crippen LogP contribution in [-0.4, -0.2) is 58.8 Å². The summed E-state index contributed by atoms with van der Waals surface area (Å²) in [6.07, 6.45) is 0.919. The van der Waals surface area contributed by atoms with Crippen LogP contribution in [0.3, 0.4) is 0 Å². The number of guanidine groups is 1. The molecule has 32 heavy (non-hydrogen) atoms. The van der Waals surface area contributed by atoms with Crippen molar-refractivity contribution in [2.75, 3.05) is 51.1 Å². The highest BCUT2D eigenvalue weighted by Crippen LogP contribution is 2.30. The van der Waals surface area contributed by atoms with Crippen molar-refractivity contribution >= 4 is 47.2 Å². The lowest BCUT2D eigenvalue weighted by Gasteiger charge is -2.21. The number of ether oxygens (including phenoxy) is 2. The van der Waals surface area contributed by atoms with Gasteiger partial charge in [0.05, 0.1) is 20.8 Å². The third-order valence-electron chi connectivity index (χ3n) is 5.00. The Morgan fingerprint density at radius 1 is 1.16 bits per heavy atom. The van der Waals surface area contributed by atoms with Crippen LogP contribution >= 0.6 is 24.0 Å². The summed E-state index contributed by atoms with van der Waals surface area (Å²) in [5, 5.41) is 9.08. The Morgan fingerprint density at radius 3 is 2.41 bits per heavy atom. The first-order chi connectivity index (χ1) is 15.0. The Balaban J connectivity index is 0.00000363. The van der Waals surface area contributed by atoms with E-state index in [1.807, 2.05) is 18.2 Å². The number of amides is 1. The van der Waals surface area contributed by atoms with Gasteiger partial charge in [-0.05, 0) is 30.7 Å². The highest BCUT2D eigenvalue weighted by atomic mass is 127. The Bertz CT molecular complexity index is 904. The second-order valence-corrected chi connectivity index (χ2v) is 7.13. The van der Waals surface area contributed by atoms with E-state index in [1.54, 1.807) is 21.3 Å². The minimum Gasteiger partial charge on any atom is -0.497 e. The summed E-state index contributed by atoms with van der Waals surface area (Å²) in [6.45, 7) is 1.69. The van der Waals surface area contributed by atoms with Gasteiger partial charge in [0, 0.05) is 55.8 Å². The number of aliphatic imine (C=N–C) groups is 1. The molecule has 3 rings (SSSR count). The number of methoxy groups -OCH3 is 2. The van der Waals surface area contributed by atoms with E-state index in [0.717, 1.165) is 36.7 Å². The molecule has 2 aromatic rings. The molecule has 10 heteroatoms. The van der Waals surface area contributed by atoms with Crippen molar-refractivity contribution in [1.82, 2.24) is 10.6 Å². The summed E-state index contributed by atoms with van der Waals surface area (Å²) >= 11 is 0. The summed E-state index contributed by atoms with van der Waals surface area (Å²) in [5.74, 6) is 1.44. The average Bonchev–Trinajstić information content (AvgIpc) is 3.26.